The lowest BCUT2D eigenvalue weighted by molar-refractivity contribution is 0.0516. The highest BCUT2D eigenvalue weighted by molar-refractivity contribution is 9.10. The number of carbonyl (C=O) groups excluding carboxylic acids is 1. The lowest BCUT2D eigenvalue weighted by Gasteiger charge is -2.02. The van der Waals surface area contributed by atoms with Gasteiger partial charge in [-0.1, -0.05) is 38.8 Å². The first-order valence-corrected chi connectivity index (χ1v) is 6.79. The molecule has 0 amide bonds. The highest BCUT2D eigenvalue weighted by atomic mass is 79.9. The SMILES string of the molecule is N/C(=N/OC(=O)c1cccc(Br)c1)c1ccc(Cl)cc1. The monoisotopic (exact) mass is 352 g/mol. The maximum Gasteiger partial charge on any atom is 0.365 e. The topological polar surface area (TPSA) is 64.7 Å². The smallest absolute Gasteiger partial charge is 0.365 e. The Morgan fingerprint density at radius 2 is 1.85 bits per heavy atom. The molecule has 2 rings (SSSR count). The van der Waals surface area contributed by atoms with Gasteiger partial charge in [0.05, 0.1) is 5.56 Å². The zero-order valence-electron chi connectivity index (χ0n) is 10.2. The quantitative estimate of drug-likeness (QED) is 0.397. The van der Waals surface area contributed by atoms with E-state index in [1.807, 2.05) is 6.07 Å². The van der Waals surface area contributed by atoms with Crippen molar-refractivity contribution in [1.29, 1.82) is 0 Å². The molecule has 0 radical (unpaired) electrons. The number of rotatable bonds is 3. The van der Waals surface area contributed by atoms with Gasteiger partial charge in [-0.25, -0.2) is 4.79 Å². The molecule has 20 heavy (non-hydrogen) atoms. The molecule has 0 aromatic heterocycles. The highest BCUT2D eigenvalue weighted by Crippen LogP contribution is 2.13. The van der Waals surface area contributed by atoms with Crippen molar-refractivity contribution in [2.24, 2.45) is 10.9 Å². The minimum absolute atomic E-state index is 0.102. The maximum atomic E-state index is 11.8. The Morgan fingerprint density at radius 3 is 2.50 bits per heavy atom. The second-order valence-corrected chi connectivity index (χ2v) is 5.22. The van der Waals surface area contributed by atoms with Gasteiger partial charge in [-0.15, -0.1) is 0 Å². The molecule has 102 valence electrons. The fraction of sp³-hybridized carbons (Fsp3) is 0. The van der Waals surface area contributed by atoms with Gasteiger partial charge in [0.25, 0.3) is 0 Å². The van der Waals surface area contributed by atoms with Gasteiger partial charge in [0.1, 0.15) is 0 Å². The van der Waals surface area contributed by atoms with E-state index in [4.69, 9.17) is 22.2 Å². The average Bonchev–Trinajstić information content (AvgIpc) is 2.45. The number of carbonyl (C=O) groups is 1. The number of amidine groups is 1. The van der Waals surface area contributed by atoms with Crippen LogP contribution in [0.1, 0.15) is 15.9 Å². The lowest BCUT2D eigenvalue weighted by atomic mass is 10.2. The maximum absolute atomic E-state index is 11.8. The number of nitrogens with two attached hydrogens (primary N) is 1. The van der Waals surface area contributed by atoms with Crippen molar-refractivity contribution in [2.45, 2.75) is 0 Å². The van der Waals surface area contributed by atoms with E-state index in [1.54, 1.807) is 42.5 Å². The Morgan fingerprint density at radius 1 is 1.15 bits per heavy atom. The first kappa shape index (κ1) is 14.6. The van der Waals surface area contributed by atoms with Crippen molar-refractivity contribution in [1.82, 2.24) is 0 Å². The van der Waals surface area contributed by atoms with Crippen LogP contribution in [-0.4, -0.2) is 11.8 Å². The van der Waals surface area contributed by atoms with Crippen LogP contribution in [0.5, 0.6) is 0 Å². The van der Waals surface area contributed by atoms with Gasteiger partial charge in [-0.2, -0.15) is 0 Å². The molecule has 6 heteroatoms. The molecular weight excluding hydrogens is 344 g/mol. The third-order valence-electron chi connectivity index (χ3n) is 2.43. The molecule has 0 bridgehead atoms. The van der Waals surface area contributed by atoms with Gasteiger partial charge < -0.3 is 10.6 Å². The summed E-state index contributed by atoms with van der Waals surface area (Å²) in [6.45, 7) is 0. The number of halogens is 2. The zero-order valence-corrected chi connectivity index (χ0v) is 12.6. The Kier molecular flexibility index (Phi) is 4.76. The van der Waals surface area contributed by atoms with Crippen LogP contribution in [0.15, 0.2) is 58.2 Å². The second kappa shape index (κ2) is 6.54. The third-order valence-corrected chi connectivity index (χ3v) is 3.17. The van der Waals surface area contributed by atoms with Gasteiger partial charge in [0.15, 0.2) is 5.84 Å². The Bertz CT molecular complexity index is 656. The van der Waals surface area contributed by atoms with Crippen molar-refractivity contribution in [3.05, 3.63) is 69.2 Å². The molecule has 0 aliphatic carbocycles. The van der Waals surface area contributed by atoms with E-state index >= 15 is 0 Å². The Labute approximate surface area is 129 Å². The van der Waals surface area contributed by atoms with Gasteiger partial charge in [0, 0.05) is 15.1 Å². The van der Waals surface area contributed by atoms with Crippen LogP contribution in [0.4, 0.5) is 0 Å². The second-order valence-electron chi connectivity index (χ2n) is 3.87. The number of hydrogen-bond acceptors (Lipinski definition) is 3. The molecule has 0 saturated carbocycles. The van der Waals surface area contributed by atoms with Gasteiger partial charge in [-0.05, 0) is 42.5 Å². The summed E-state index contributed by atoms with van der Waals surface area (Å²) < 4.78 is 0.779. The summed E-state index contributed by atoms with van der Waals surface area (Å²) in [5, 5.41) is 4.21. The fourth-order valence-corrected chi connectivity index (χ4v) is 1.96. The third kappa shape index (κ3) is 3.82. The Hall–Kier alpha value is -1.85. The molecule has 0 saturated heterocycles. The summed E-state index contributed by atoms with van der Waals surface area (Å²) in [7, 11) is 0. The molecule has 0 aliphatic heterocycles. The van der Waals surface area contributed by atoms with Gasteiger partial charge >= 0.3 is 5.97 Å². The normalized spacial score (nSPS) is 11.2. The van der Waals surface area contributed by atoms with E-state index in [2.05, 4.69) is 21.1 Å². The molecule has 0 aliphatic rings. The van der Waals surface area contributed by atoms with Crippen molar-refractivity contribution >= 4 is 39.3 Å². The minimum Gasteiger partial charge on any atom is -0.380 e. The number of hydrogen-bond donors (Lipinski definition) is 1. The molecule has 2 aromatic rings. The number of nitrogens with zero attached hydrogens (tertiary/aromatic N) is 1. The minimum atomic E-state index is -0.580. The summed E-state index contributed by atoms with van der Waals surface area (Å²) >= 11 is 9.04. The van der Waals surface area contributed by atoms with Crippen LogP contribution in [0.25, 0.3) is 0 Å². The van der Waals surface area contributed by atoms with E-state index in [1.165, 1.54) is 0 Å². The summed E-state index contributed by atoms with van der Waals surface area (Å²) in [4.78, 5) is 16.6. The molecule has 0 spiro atoms. The summed E-state index contributed by atoms with van der Waals surface area (Å²) in [6, 6.07) is 13.5. The molecule has 0 atom stereocenters. The molecular formula is C14H10BrClN2O2. The summed E-state index contributed by atoms with van der Waals surface area (Å²) in [5.41, 5.74) is 6.72. The molecule has 0 unspecified atom stereocenters. The first-order chi connectivity index (χ1) is 9.56. The predicted octanol–water partition coefficient (Wildman–Crippen LogP) is 3.58. The van der Waals surface area contributed by atoms with Crippen molar-refractivity contribution in [2.75, 3.05) is 0 Å². The van der Waals surface area contributed by atoms with Crippen LogP contribution in [0.2, 0.25) is 5.02 Å². The highest BCUT2D eigenvalue weighted by Gasteiger charge is 2.08. The molecule has 4 nitrogen and oxygen atoms in total. The molecule has 0 fully saturated rings. The van der Waals surface area contributed by atoms with Crippen LogP contribution in [0, 0.1) is 0 Å². The standard InChI is InChI=1S/C14H10BrClN2O2/c15-11-3-1-2-10(8-11)14(19)20-18-13(17)9-4-6-12(16)7-5-9/h1-8H,(H2,17,18). The predicted molar refractivity (Wildman–Crippen MR) is 81.7 cm³/mol. The van der Waals surface area contributed by atoms with E-state index in [9.17, 15) is 4.79 Å². The average molecular weight is 354 g/mol. The zero-order chi connectivity index (χ0) is 14.5. The molecule has 2 N–H and O–H groups in total. The summed E-state index contributed by atoms with van der Waals surface area (Å²) in [6.07, 6.45) is 0. The lowest BCUT2D eigenvalue weighted by Crippen LogP contribution is -2.15. The molecule has 0 heterocycles. The fourth-order valence-electron chi connectivity index (χ4n) is 1.43. The van der Waals surface area contributed by atoms with Crippen molar-refractivity contribution in [3.8, 4) is 0 Å². The Balaban J connectivity index is 2.08. The van der Waals surface area contributed by atoms with Crippen LogP contribution >= 0.6 is 27.5 Å². The van der Waals surface area contributed by atoms with Crippen LogP contribution in [0.3, 0.4) is 0 Å². The van der Waals surface area contributed by atoms with Gasteiger partial charge in [0.2, 0.25) is 0 Å². The van der Waals surface area contributed by atoms with Crippen LogP contribution < -0.4 is 5.73 Å². The van der Waals surface area contributed by atoms with E-state index in [-0.39, 0.29) is 5.84 Å². The van der Waals surface area contributed by atoms with Crippen molar-refractivity contribution in [3.63, 3.8) is 0 Å². The number of benzene rings is 2. The van der Waals surface area contributed by atoms with E-state index < -0.39 is 5.97 Å². The first-order valence-electron chi connectivity index (χ1n) is 5.62. The number of oxime groups is 1. The van der Waals surface area contributed by atoms with Gasteiger partial charge in [-0.3, -0.25) is 0 Å². The molecule has 2 aromatic carbocycles. The summed E-state index contributed by atoms with van der Waals surface area (Å²) in [5.74, 6) is -0.478. The van der Waals surface area contributed by atoms with E-state index in [0.29, 0.717) is 16.1 Å². The van der Waals surface area contributed by atoms with Crippen LogP contribution in [-0.2, 0) is 4.84 Å². The van der Waals surface area contributed by atoms with Crippen molar-refractivity contribution < 1.29 is 9.63 Å². The largest absolute Gasteiger partial charge is 0.380 e. The van der Waals surface area contributed by atoms with E-state index in [0.717, 1.165) is 4.47 Å².